The monoisotopic (exact) mass is 339 g/mol. The number of rotatable bonds is 3. The van der Waals surface area contributed by atoms with E-state index in [4.69, 9.17) is 33.7 Å². The maximum atomic E-state index is 11.5. The van der Waals surface area contributed by atoms with Crippen molar-refractivity contribution >= 4 is 23.9 Å². The number of hydrogen-bond acceptors (Lipinski definition) is 7. The van der Waals surface area contributed by atoms with Gasteiger partial charge in [0.2, 0.25) is 0 Å². The van der Waals surface area contributed by atoms with E-state index in [1.54, 1.807) is 0 Å². The van der Waals surface area contributed by atoms with Crippen molar-refractivity contribution in [3.8, 4) is 12.3 Å². The van der Waals surface area contributed by atoms with Gasteiger partial charge in [-0.3, -0.25) is 14.3 Å². The van der Waals surface area contributed by atoms with Gasteiger partial charge < -0.3 is 4.74 Å². The molecule has 0 aliphatic carbocycles. The fraction of sp³-hybridized carbons (Fsp3) is 0.455. The van der Waals surface area contributed by atoms with E-state index in [9.17, 15) is 9.59 Å². The third kappa shape index (κ3) is 6.31. The molecule has 4 radical (unpaired) electrons. The standard InChI is InChI=1S/C10H9BN2O3.CH5BO4P/c1-2-6-5-13(10(15)12-9(6)14)8-4-3-7(11)16-8;2-1-6-7(3,4)5/h1,5,7-8H,3-4H2,(H,12,14,15);3-5H,1H2/q;+1/t7-,8?;/m0./s1. The summed E-state index contributed by atoms with van der Waals surface area (Å²) < 4.78 is 10.4. The third-order valence-corrected chi connectivity index (χ3v) is 3.21. The molecule has 1 aliphatic rings. The lowest BCUT2D eigenvalue weighted by Gasteiger charge is -2.14. The molecule has 1 aromatic rings. The summed E-state index contributed by atoms with van der Waals surface area (Å²) >= 11 is 0. The van der Waals surface area contributed by atoms with Crippen LogP contribution in [-0.2, 0) is 9.26 Å². The normalized spacial score (nSPS) is 20.4. The van der Waals surface area contributed by atoms with E-state index in [0.717, 1.165) is 0 Å². The van der Waals surface area contributed by atoms with Crippen LogP contribution in [0.15, 0.2) is 15.8 Å². The molecule has 0 amide bonds. The van der Waals surface area contributed by atoms with Gasteiger partial charge >= 0.3 is 13.9 Å². The zero-order chi connectivity index (χ0) is 17.6. The summed E-state index contributed by atoms with van der Waals surface area (Å²) in [6.45, 7) is -0.392. The molecule has 0 saturated carbocycles. The fourth-order valence-corrected chi connectivity index (χ4v) is 1.95. The van der Waals surface area contributed by atoms with E-state index in [1.807, 2.05) is 0 Å². The summed E-state index contributed by atoms with van der Waals surface area (Å²) in [7, 11) is 6.16. The largest absolute Gasteiger partial charge is 0.566 e. The number of hydrogen-bond donors (Lipinski definition) is 4. The Morgan fingerprint density at radius 1 is 1.48 bits per heavy atom. The second kappa shape index (κ2) is 8.45. The van der Waals surface area contributed by atoms with Crippen LogP contribution in [-0.4, -0.2) is 52.4 Å². The highest BCUT2D eigenvalue weighted by atomic mass is 31.2. The first kappa shape index (κ1) is 19.6. The van der Waals surface area contributed by atoms with Crippen LogP contribution >= 0.6 is 8.17 Å². The third-order valence-electron chi connectivity index (χ3n) is 2.71. The minimum atomic E-state index is -4.04. The van der Waals surface area contributed by atoms with Gasteiger partial charge in [0.25, 0.3) is 5.56 Å². The van der Waals surface area contributed by atoms with E-state index >= 15 is 0 Å². The zero-order valence-electron chi connectivity index (χ0n) is 12.0. The molecule has 2 rings (SSSR count). The average Bonchev–Trinajstić information content (AvgIpc) is 2.85. The second-order valence-electron chi connectivity index (χ2n) is 4.37. The SMILES string of the molecule is [B]CO[P+](O)(O)O.[B][C@@H]1CCC(n2cc(C#C)c(=O)[nH]c2=O)O1. The summed E-state index contributed by atoms with van der Waals surface area (Å²) in [5, 5.41) is 0. The highest BCUT2D eigenvalue weighted by molar-refractivity contribution is 7.53. The van der Waals surface area contributed by atoms with Crippen molar-refractivity contribution in [2.45, 2.75) is 25.1 Å². The predicted molar refractivity (Wildman–Crippen MR) is 83.4 cm³/mol. The molecule has 9 nitrogen and oxygen atoms in total. The number of aromatic amines is 1. The van der Waals surface area contributed by atoms with Gasteiger partial charge in [0.15, 0.2) is 0 Å². The lowest BCUT2D eigenvalue weighted by atomic mass is 9.98. The number of aromatic nitrogens is 2. The van der Waals surface area contributed by atoms with Gasteiger partial charge in [-0.25, -0.2) is 4.79 Å². The van der Waals surface area contributed by atoms with Crippen LogP contribution in [0.2, 0.25) is 0 Å². The van der Waals surface area contributed by atoms with E-state index in [0.29, 0.717) is 12.8 Å². The van der Waals surface area contributed by atoms with Crippen LogP contribution in [0.5, 0.6) is 0 Å². The summed E-state index contributed by atoms with van der Waals surface area (Å²) in [5.74, 6) is 2.21. The number of H-pyrrole nitrogens is 1. The van der Waals surface area contributed by atoms with Gasteiger partial charge in [-0.1, -0.05) is 5.92 Å². The molecule has 1 unspecified atom stereocenters. The molecule has 1 saturated heterocycles. The topological polar surface area (TPSA) is 134 Å². The summed E-state index contributed by atoms with van der Waals surface area (Å²) in [6, 6.07) is -0.377. The van der Waals surface area contributed by atoms with Crippen LogP contribution in [0.25, 0.3) is 0 Å². The molecule has 2 atom stereocenters. The minimum absolute atomic E-state index is 0.101. The fourth-order valence-electron chi connectivity index (χ4n) is 1.75. The number of terminal acetylenes is 1. The van der Waals surface area contributed by atoms with Crippen molar-refractivity contribution < 1.29 is 23.9 Å². The quantitative estimate of drug-likeness (QED) is 0.287. The van der Waals surface area contributed by atoms with Crippen LogP contribution in [0, 0.1) is 12.3 Å². The minimum Gasteiger partial charge on any atom is -0.364 e. The lowest BCUT2D eigenvalue weighted by Crippen LogP contribution is -2.33. The molecule has 1 aromatic heterocycles. The number of ether oxygens (including phenoxy) is 1. The van der Waals surface area contributed by atoms with E-state index in [-0.39, 0.29) is 11.6 Å². The highest BCUT2D eigenvalue weighted by Crippen LogP contribution is 2.44. The van der Waals surface area contributed by atoms with Crippen molar-refractivity contribution in [2.75, 3.05) is 6.51 Å². The smallest absolute Gasteiger partial charge is 0.364 e. The van der Waals surface area contributed by atoms with Crippen LogP contribution in [0.1, 0.15) is 24.6 Å². The molecular weight excluding hydrogens is 325 g/mol. The summed E-state index contributed by atoms with van der Waals surface area (Å²) in [5.41, 5.74) is -1.00. The maximum Gasteiger partial charge on any atom is 0.566 e. The van der Waals surface area contributed by atoms with Gasteiger partial charge in [0.05, 0.1) is 6.51 Å². The average molecular weight is 339 g/mol. The van der Waals surface area contributed by atoms with Crippen molar-refractivity contribution in [3.05, 3.63) is 32.6 Å². The first-order chi connectivity index (χ1) is 10.7. The van der Waals surface area contributed by atoms with Crippen molar-refractivity contribution in [2.24, 2.45) is 0 Å². The van der Waals surface area contributed by atoms with Gasteiger partial charge in [-0.05, 0) is 12.8 Å². The number of nitrogens with one attached hydrogen (secondary N) is 1. The van der Waals surface area contributed by atoms with Crippen molar-refractivity contribution in [1.82, 2.24) is 9.55 Å². The molecular formula is C11H14B2N2O7P+. The predicted octanol–water partition coefficient (Wildman–Crippen LogP) is -1.89. The Hall–Kier alpha value is -1.40. The molecule has 1 aliphatic heterocycles. The Kier molecular flexibility index (Phi) is 7.22. The summed E-state index contributed by atoms with van der Waals surface area (Å²) in [4.78, 5) is 48.7. The van der Waals surface area contributed by atoms with Gasteiger partial charge in [0.1, 0.15) is 27.5 Å². The molecule has 0 spiro atoms. The van der Waals surface area contributed by atoms with Crippen molar-refractivity contribution in [1.29, 1.82) is 0 Å². The van der Waals surface area contributed by atoms with Crippen LogP contribution < -0.4 is 11.2 Å². The Labute approximate surface area is 134 Å². The molecule has 0 aromatic carbocycles. The van der Waals surface area contributed by atoms with Gasteiger partial charge in [-0.2, -0.15) is 19.2 Å². The lowest BCUT2D eigenvalue weighted by molar-refractivity contribution is 0.0339. The Bertz CT molecular complexity index is 679. The Morgan fingerprint density at radius 3 is 2.52 bits per heavy atom. The molecule has 23 heavy (non-hydrogen) atoms. The molecule has 120 valence electrons. The first-order valence-electron chi connectivity index (χ1n) is 6.33. The van der Waals surface area contributed by atoms with E-state index < -0.39 is 32.2 Å². The summed E-state index contributed by atoms with van der Waals surface area (Å²) in [6.07, 6.45) is 7.31. The van der Waals surface area contributed by atoms with Crippen molar-refractivity contribution in [3.63, 3.8) is 0 Å². The molecule has 12 heteroatoms. The molecule has 4 N–H and O–H groups in total. The maximum absolute atomic E-state index is 11.5. The zero-order valence-corrected chi connectivity index (χ0v) is 12.8. The molecule has 2 heterocycles. The second-order valence-corrected chi connectivity index (χ2v) is 5.65. The number of nitrogens with zero attached hydrogens (tertiary/aromatic N) is 1. The van der Waals surface area contributed by atoms with Crippen LogP contribution in [0.3, 0.4) is 0 Å². The molecule has 1 fully saturated rings. The Balaban J connectivity index is 0.000000322. The Morgan fingerprint density at radius 2 is 2.13 bits per heavy atom. The van der Waals surface area contributed by atoms with E-state index in [2.05, 4.69) is 23.3 Å². The molecule has 0 bridgehead atoms. The first-order valence-corrected chi connectivity index (χ1v) is 7.89. The van der Waals surface area contributed by atoms with Gasteiger partial charge in [0, 0.05) is 12.2 Å². The van der Waals surface area contributed by atoms with Crippen LogP contribution in [0.4, 0.5) is 0 Å². The highest BCUT2D eigenvalue weighted by Gasteiger charge is 2.31. The van der Waals surface area contributed by atoms with E-state index in [1.165, 1.54) is 10.8 Å². The van der Waals surface area contributed by atoms with Gasteiger partial charge in [-0.15, -0.1) is 6.42 Å².